The average Bonchev–Trinajstić information content (AvgIpc) is 2.98. The van der Waals surface area contributed by atoms with E-state index in [1.54, 1.807) is 43.6 Å². The fraction of sp³-hybridized carbons (Fsp3) is 0.667. The van der Waals surface area contributed by atoms with E-state index >= 15 is 0 Å². The standard InChI is InChI=1S/C18H25F3N6O2/c1-17(2,3)29-16(28)22-9-12-24-14-13(23-10-26(14)4)15(25-12)27-7-5-11(6-8-27)18(19,20)21/h10-11H,5-9H2,1-4H3,(H,22,28). The summed E-state index contributed by atoms with van der Waals surface area (Å²) in [6, 6.07) is 0. The summed E-state index contributed by atoms with van der Waals surface area (Å²) in [5, 5.41) is 2.61. The summed E-state index contributed by atoms with van der Waals surface area (Å²) in [4.78, 5) is 26.9. The predicted molar refractivity (Wildman–Crippen MR) is 100 cm³/mol. The van der Waals surface area contributed by atoms with E-state index in [4.69, 9.17) is 4.74 Å². The number of nitrogens with zero attached hydrogens (tertiary/aromatic N) is 5. The Hall–Kier alpha value is -2.59. The molecule has 1 aliphatic rings. The summed E-state index contributed by atoms with van der Waals surface area (Å²) in [5.74, 6) is -0.481. The van der Waals surface area contributed by atoms with E-state index < -0.39 is 23.8 Å². The van der Waals surface area contributed by atoms with Crippen molar-refractivity contribution in [2.24, 2.45) is 13.0 Å². The van der Waals surface area contributed by atoms with Crippen LogP contribution in [0, 0.1) is 5.92 Å². The highest BCUT2D eigenvalue weighted by molar-refractivity contribution is 5.83. The number of imidazole rings is 1. The molecule has 1 N–H and O–H groups in total. The minimum absolute atomic E-state index is 0.00726. The van der Waals surface area contributed by atoms with Crippen LogP contribution in [0.25, 0.3) is 11.2 Å². The van der Waals surface area contributed by atoms with Gasteiger partial charge in [0.1, 0.15) is 5.60 Å². The van der Waals surface area contributed by atoms with Crippen molar-refractivity contribution in [3.05, 3.63) is 12.2 Å². The number of halogens is 3. The van der Waals surface area contributed by atoms with E-state index in [0.29, 0.717) is 22.8 Å². The quantitative estimate of drug-likeness (QED) is 0.831. The van der Waals surface area contributed by atoms with Crippen molar-refractivity contribution >= 4 is 23.1 Å². The average molecular weight is 414 g/mol. The third-order valence-corrected chi connectivity index (χ3v) is 4.63. The minimum atomic E-state index is -4.18. The topological polar surface area (TPSA) is 85.2 Å². The SMILES string of the molecule is Cn1cnc2c(N3CCC(C(F)(F)F)CC3)nc(CNC(=O)OC(C)(C)C)nc21. The first-order valence-corrected chi connectivity index (χ1v) is 9.40. The number of rotatable bonds is 3. The van der Waals surface area contributed by atoms with Crippen LogP contribution in [0.5, 0.6) is 0 Å². The molecular formula is C18H25F3N6O2. The molecule has 8 nitrogen and oxygen atoms in total. The van der Waals surface area contributed by atoms with Crippen LogP contribution in [0.4, 0.5) is 23.8 Å². The zero-order valence-corrected chi connectivity index (χ0v) is 16.9. The van der Waals surface area contributed by atoms with Crippen LogP contribution in [0.1, 0.15) is 39.4 Å². The third-order valence-electron chi connectivity index (χ3n) is 4.63. The van der Waals surface area contributed by atoms with Gasteiger partial charge in [0.15, 0.2) is 22.8 Å². The monoisotopic (exact) mass is 414 g/mol. The molecule has 0 spiro atoms. The number of carbonyl (C=O) groups is 1. The van der Waals surface area contributed by atoms with Gasteiger partial charge in [0.05, 0.1) is 18.8 Å². The second kappa shape index (κ2) is 7.68. The summed E-state index contributed by atoms with van der Waals surface area (Å²) in [7, 11) is 1.77. The Kier molecular flexibility index (Phi) is 5.59. The molecule has 1 amide bonds. The number of aryl methyl sites for hydroxylation is 1. The number of ether oxygens (including phenoxy) is 1. The second-order valence-corrected chi connectivity index (χ2v) is 8.15. The largest absolute Gasteiger partial charge is 0.444 e. The van der Waals surface area contributed by atoms with Crippen LogP contribution in [-0.2, 0) is 18.3 Å². The summed E-state index contributed by atoms with van der Waals surface area (Å²) in [6.07, 6.45) is -3.18. The lowest BCUT2D eigenvalue weighted by atomic mass is 9.96. The highest BCUT2D eigenvalue weighted by Gasteiger charge is 2.41. The van der Waals surface area contributed by atoms with E-state index in [1.165, 1.54) is 0 Å². The van der Waals surface area contributed by atoms with Crippen LogP contribution in [-0.4, -0.2) is 50.5 Å². The van der Waals surface area contributed by atoms with Gasteiger partial charge >= 0.3 is 12.3 Å². The van der Waals surface area contributed by atoms with Gasteiger partial charge in [0.2, 0.25) is 0 Å². The molecule has 0 aliphatic carbocycles. The molecule has 160 valence electrons. The maximum absolute atomic E-state index is 13.0. The summed E-state index contributed by atoms with van der Waals surface area (Å²) in [6.45, 7) is 5.76. The van der Waals surface area contributed by atoms with E-state index in [-0.39, 0.29) is 32.5 Å². The normalized spacial score (nSPS) is 16.3. The summed E-state index contributed by atoms with van der Waals surface area (Å²) >= 11 is 0. The van der Waals surface area contributed by atoms with Crippen molar-refractivity contribution in [1.82, 2.24) is 24.8 Å². The van der Waals surface area contributed by atoms with Gasteiger partial charge in [-0.3, -0.25) is 0 Å². The number of aromatic nitrogens is 4. The molecule has 11 heteroatoms. The zero-order chi connectivity index (χ0) is 21.4. The molecule has 0 radical (unpaired) electrons. The lowest BCUT2D eigenvalue weighted by Gasteiger charge is -2.33. The number of amides is 1. The van der Waals surface area contributed by atoms with E-state index in [9.17, 15) is 18.0 Å². The number of fused-ring (bicyclic) bond motifs is 1. The van der Waals surface area contributed by atoms with Gasteiger partial charge in [0, 0.05) is 20.1 Å². The molecule has 1 fully saturated rings. The van der Waals surface area contributed by atoms with Crippen molar-refractivity contribution in [3.8, 4) is 0 Å². The molecule has 0 aromatic carbocycles. The van der Waals surface area contributed by atoms with Gasteiger partial charge in [0.25, 0.3) is 0 Å². The maximum atomic E-state index is 13.0. The van der Waals surface area contributed by atoms with Gasteiger partial charge in [-0.05, 0) is 33.6 Å². The summed E-state index contributed by atoms with van der Waals surface area (Å²) in [5.41, 5.74) is 0.443. The second-order valence-electron chi connectivity index (χ2n) is 8.15. The van der Waals surface area contributed by atoms with Gasteiger partial charge in [-0.15, -0.1) is 0 Å². The Labute approximate surface area is 166 Å². The van der Waals surface area contributed by atoms with Gasteiger partial charge < -0.3 is 19.5 Å². The van der Waals surface area contributed by atoms with Gasteiger partial charge in [-0.2, -0.15) is 13.2 Å². The van der Waals surface area contributed by atoms with Crippen LogP contribution in [0.2, 0.25) is 0 Å². The molecule has 2 aromatic heterocycles. The Morgan fingerprint density at radius 1 is 1.24 bits per heavy atom. The van der Waals surface area contributed by atoms with Crippen LogP contribution >= 0.6 is 0 Å². The number of alkyl halides is 3. The van der Waals surface area contributed by atoms with E-state index in [0.717, 1.165) is 0 Å². The lowest BCUT2D eigenvalue weighted by molar-refractivity contribution is -0.179. The number of alkyl carbamates (subject to hydrolysis) is 1. The number of hydrogen-bond donors (Lipinski definition) is 1. The van der Waals surface area contributed by atoms with E-state index in [1.807, 2.05) is 0 Å². The molecule has 0 unspecified atom stereocenters. The first-order valence-electron chi connectivity index (χ1n) is 9.40. The first kappa shape index (κ1) is 21.1. The molecule has 29 heavy (non-hydrogen) atoms. The van der Waals surface area contributed by atoms with Gasteiger partial charge in [-0.25, -0.2) is 19.7 Å². The summed E-state index contributed by atoms with van der Waals surface area (Å²) < 4.78 is 45.8. The van der Waals surface area contributed by atoms with Crippen LogP contribution in [0.15, 0.2) is 6.33 Å². The van der Waals surface area contributed by atoms with Crippen molar-refractivity contribution < 1.29 is 22.7 Å². The molecular weight excluding hydrogens is 389 g/mol. The first-order chi connectivity index (χ1) is 13.4. The lowest BCUT2D eigenvalue weighted by Crippen LogP contribution is -2.39. The Balaban J connectivity index is 1.80. The third kappa shape index (κ3) is 5.07. The van der Waals surface area contributed by atoms with Gasteiger partial charge in [-0.1, -0.05) is 0 Å². The number of carbonyl (C=O) groups excluding carboxylic acids is 1. The number of nitrogens with one attached hydrogen (secondary N) is 1. The zero-order valence-electron chi connectivity index (χ0n) is 16.9. The smallest absolute Gasteiger partial charge is 0.408 e. The number of hydrogen-bond acceptors (Lipinski definition) is 6. The molecule has 2 aromatic rings. The fourth-order valence-electron chi connectivity index (χ4n) is 3.22. The van der Waals surface area contributed by atoms with Crippen LogP contribution < -0.4 is 10.2 Å². The fourth-order valence-corrected chi connectivity index (χ4v) is 3.22. The number of piperidine rings is 1. The Morgan fingerprint density at radius 2 is 1.90 bits per heavy atom. The molecule has 3 heterocycles. The molecule has 1 aliphatic heterocycles. The molecule has 0 atom stereocenters. The van der Waals surface area contributed by atoms with E-state index in [2.05, 4.69) is 20.3 Å². The molecule has 0 saturated carbocycles. The van der Waals surface area contributed by atoms with Crippen molar-refractivity contribution in [2.75, 3.05) is 18.0 Å². The Morgan fingerprint density at radius 3 is 2.48 bits per heavy atom. The predicted octanol–water partition coefficient (Wildman–Crippen LogP) is 3.17. The molecule has 1 saturated heterocycles. The highest BCUT2D eigenvalue weighted by atomic mass is 19.4. The van der Waals surface area contributed by atoms with Crippen molar-refractivity contribution in [1.29, 1.82) is 0 Å². The number of anilines is 1. The van der Waals surface area contributed by atoms with Crippen LogP contribution in [0.3, 0.4) is 0 Å². The van der Waals surface area contributed by atoms with Crippen molar-refractivity contribution in [2.45, 2.75) is 51.9 Å². The highest BCUT2D eigenvalue weighted by Crippen LogP contribution is 2.36. The minimum Gasteiger partial charge on any atom is -0.444 e. The molecule has 0 bridgehead atoms. The maximum Gasteiger partial charge on any atom is 0.408 e. The van der Waals surface area contributed by atoms with Crippen molar-refractivity contribution in [3.63, 3.8) is 0 Å². The Bertz CT molecular complexity index is 882. The molecule has 3 rings (SSSR count).